The van der Waals surface area contributed by atoms with Gasteiger partial charge in [-0.15, -0.1) is 0 Å². The normalized spacial score (nSPS) is 28.7. The third-order valence-corrected chi connectivity index (χ3v) is 7.99. The van der Waals surface area contributed by atoms with Crippen LogP contribution in [0.25, 0.3) is 0 Å². The van der Waals surface area contributed by atoms with Crippen LogP contribution in [0.5, 0.6) is 0 Å². The zero-order valence-electron chi connectivity index (χ0n) is 19.5. The Morgan fingerprint density at radius 1 is 1.24 bits per heavy atom. The van der Waals surface area contributed by atoms with Gasteiger partial charge in [0.1, 0.15) is 5.82 Å². The first-order valence-electron chi connectivity index (χ1n) is 12.3. The lowest BCUT2D eigenvalue weighted by Gasteiger charge is -2.24. The highest BCUT2D eigenvalue weighted by atomic mass is 19.1. The Morgan fingerprint density at radius 3 is 2.56 bits per heavy atom. The van der Waals surface area contributed by atoms with Gasteiger partial charge in [0.05, 0.1) is 24.7 Å². The number of fused-ring (bicyclic) bond motifs is 5. The van der Waals surface area contributed by atoms with Crippen molar-refractivity contribution in [2.45, 2.75) is 64.1 Å². The number of aryl methyl sites for hydroxylation is 1. The van der Waals surface area contributed by atoms with E-state index in [2.05, 4.69) is 20.8 Å². The molecule has 3 aliphatic heterocycles. The lowest BCUT2D eigenvalue weighted by atomic mass is 9.82. The van der Waals surface area contributed by atoms with Gasteiger partial charge in [-0.1, -0.05) is 25.7 Å². The van der Waals surface area contributed by atoms with Crippen molar-refractivity contribution >= 4 is 24.0 Å². The van der Waals surface area contributed by atoms with Crippen molar-refractivity contribution in [3.05, 3.63) is 11.6 Å². The highest BCUT2D eigenvalue weighted by Gasteiger charge is 2.53. The van der Waals surface area contributed by atoms with Crippen LogP contribution in [0, 0.1) is 36.4 Å². The highest BCUT2D eigenvalue weighted by Crippen LogP contribution is 2.48. The maximum absolute atomic E-state index is 15.4. The fourth-order valence-electron chi connectivity index (χ4n) is 6.37. The fraction of sp³-hybridized carbons (Fsp3) is 0.739. The molecule has 3 saturated heterocycles. The number of amides is 2. The zero-order valence-corrected chi connectivity index (χ0v) is 19.5. The van der Waals surface area contributed by atoms with Crippen LogP contribution in [0.2, 0.25) is 0 Å². The highest BCUT2D eigenvalue weighted by molar-refractivity contribution is 5.80. The maximum Gasteiger partial charge on any atom is 0.243 e. The number of nitrogens with zero attached hydrogens (tertiary/aromatic N) is 4. The van der Waals surface area contributed by atoms with Gasteiger partial charge in [-0.3, -0.25) is 25.6 Å². The van der Waals surface area contributed by atoms with Crippen LogP contribution in [0.1, 0.15) is 50.8 Å². The molecule has 4 aliphatic rings. The SMILES string of the molecule is Cc1nc(NNC(=O)[C@H](CC2CCCC2)CN(O)C=O)c(F)c(N2CC3C4CCC(O4)C3C2)n1. The van der Waals surface area contributed by atoms with E-state index in [-0.39, 0.29) is 36.8 Å². The number of anilines is 2. The van der Waals surface area contributed by atoms with Gasteiger partial charge in [-0.05, 0) is 32.1 Å². The minimum atomic E-state index is -0.621. The molecule has 5 rings (SSSR count). The molecule has 4 heterocycles. The Morgan fingerprint density at radius 2 is 1.91 bits per heavy atom. The minimum Gasteiger partial charge on any atom is -0.374 e. The largest absolute Gasteiger partial charge is 0.374 e. The van der Waals surface area contributed by atoms with E-state index in [1.165, 1.54) is 0 Å². The van der Waals surface area contributed by atoms with E-state index in [0.717, 1.165) is 38.5 Å². The summed E-state index contributed by atoms with van der Waals surface area (Å²) in [5, 5.41) is 10.1. The van der Waals surface area contributed by atoms with Crippen molar-refractivity contribution in [1.29, 1.82) is 0 Å². The number of carbonyl (C=O) groups is 2. The summed E-state index contributed by atoms with van der Waals surface area (Å²) in [6.45, 7) is 2.97. The predicted molar refractivity (Wildman–Crippen MR) is 120 cm³/mol. The molecule has 34 heavy (non-hydrogen) atoms. The number of hydrazine groups is 1. The molecule has 3 N–H and O–H groups in total. The van der Waals surface area contributed by atoms with Gasteiger partial charge in [0, 0.05) is 24.9 Å². The second-order valence-electron chi connectivity index (χ2n) is 10.2. The van der Waals surface area contributed by atoms with Crippen LogP contribution in [0.15, 0.2) is 0 Å². The van der Waals surface area contributed by atoms with Crippen molar-refractivity contribution in [3.8, 4) is 0 Å². The van der Waals surface area contributed by atoms with Crippen molar-refractivity contribution in [2.24, 2.45) is 23.7 Å². The van der Waals surface area contributed by atoms with Gasteiger partial charge in [-0.2, -0.15) is 4.39 Å². The first-order chi connectivity index (χ1) is 16.4. The number of ether oxygens (including phenoxy) is 1. The van der Waals surface area contributed by atoms with Crippen LogP contribution in [-0.2, 0) is 14.3 Å². The fourth-order valence-corrected chi connectivity index (χ4v) is 6.37. The predicted octanol–water partition coefficient (Wildman–Crippen LogP) is 2.02. The number of nitrogens with one attached hydrogen (secondary N) is 2. The third-order valence-electron chi connectivity index (χ3n) is 7.99. The van der Waals surface area contributed by atoms with Gasteiger partial charge in [0.2, 0.25) is 18.1 Å². The zero-order chi connectivity index (χ0) is 23.8. The molecule has 4 fully saturated rings. The molecule has 2 amide bonds. The average Bonchev–Trinajstić information content (AvgIpc) is 3.61. The molecular weight excluding hydrogens is 443 g/mol. The van der Waals surface area contributed by atoms with Gasteiger partial charge in [0.25, 0.3) is 0 Å². The molecule has 5 atom stereocenters. The first-order valence-corrected chi connectivity index (χ1v) is 12.3. The van der Waals surface area contributed by atoms with Crippen LogP contribution in [0.3, 0.4) is 0 Å². The number of hydroxylamine groups is 2. The molecule has 1 aromatic rings. The van der Waals surface area contributed by atoms with Crippen molar-refractivity contribution in [1.82, 2.24) is 20.5 Å². The monoisotopic (exact) mass is 476 g/mol. The summed E-state index contributed by atoms with van der Waals surface area (Å²) >= 11 is 0. The molecule has 11 heteroatoms. The molecule has 0 spiro atoms. The molecular formula is C23H33FN6O4. The molecule has 0 radical (unpaired) electrons. The minimum absolute atomic E-state index is 0.0945. The van der Waals surface area contributed by atoms with E-state index in [1.54, 1.807) is 6.92 Å². The Balaban J connectivity index is 1.26. The van der Waals surface area contributed by atoms with Crippen molar-refractivity contribution in [2.75, 3.05) is 30.0 Å². The summed E-state index contributed by atoms with van der Waals surface area (Å²) in [6, 6.07) is 0. The van der Waals surface area contributed by atoms with E-state index in [4.69, 9.17) is 4.74 Å². The van der Waals surface area contributed by atoms with Gasteiger partial charge < -0.3 is 9.64 Å². The molecule has 1 aliphatic carbocycles. The molecule has 2 bridgehead atoms. The van der Waals surface area contributed by atoms with E-state index in [9.17, 15) is 14.8 Å². The quantitative estimate of drug-likeness (QED) is 0.281. The smallest absolute Gasteiger partial charge is 0.243 e. The summed E-state index contributed by atoms with van der Waals surface area (Å²) in [7, 11) is 0. The van der Waals surface area contributed by atoms with Crippen LogP contribution < -0.4 is 15.8 Å². The van der Waals surface area contributed by atoms with Gasteiger partial charge >= 0.3 is 0 Å². The Bertz CT molecular complexity index is 911. The maximum atomic E-state index is 15.4. The molecule has 1 saturated carbocycles. The first kappa shape index (κ1) is 23.2. The topological polar surface area (TPSA) is 120 Å². The Kier molecular flexibility index (Phi) is 6.57. The van der Waals surface area contributed by atoms with E-state index in [0.29, 0.717) is 48.2 Å². The van der Waals surface area contributed by atoms with Gasteiger partial charge in [-0.25, -0.2) is 15.0 Å². The van der Waals surface area contributed by atoms with Crippen LogP contribution in [-0.4, -0.2) is 64.4 Å². The lowest BCUT2D eigenvalue weighted by molar-refractivity contribution is -0.154. The third kappa shape index (κ3) is 4.55. The number of carbonyl (C=O) groups excluding carboxylic acids is 2. The lowest BCUT2D eigenvalue weighted by Crippen LogP contribution is -2.41. The second kappa shape index (κ2) is 9.61. The van der Waals surface area contributed by atoms with Crippen LogP contribution in [0.4, 0.5) is 16.0 Å². The Hall–Kier alpha value is -2.53. The number of aromatic nitrogens is 2. The number of hydrogen-bond donors (Lipinski definition) is 3. The second-order valence-corrected chi connectivity index (χ2v) is 10.2. The summed E-state index contributed by atoms with van der Waals surface area (Å²) in [5.74, 6) is 0.0670. The molecule has 4 unspecified atom stereocenters. The average molecular weight is 477 g/mol. The molecule has 1 aromatic heterocycles. The summed E-state index contributed by atoms with van der Waals surface area (Å²) < 4.78 is 21.4. The van der Waals surface area contributed by atoms with E-state index in [1.807, 2.05) is 4.90 Å². The number of hydrogen-bond acceptors (Lipinski definition) is 8. The van der Waals surface area contributed by atoms with E-state index < -0.39 is 17.6 Å². The number of rotatable bonds is 9. The van der Waals surface area contributed by atoms with Crippen molar-refractivity contribution < 1.29 is 23.9 Å². The number of halogens is 1. The molecule has 10 nitrogen and oxygen atoms in total. The summed E-state index contributed by atoms with van der Waals surface area (Å²) in [6.07, 6.45) is 7.79. The molecule has 0 aromatic carbocycles. The molecule has 186 valence electrons. The summed E-state index contributed by atoms with van der Waals surface area (Å²) in [5.41, 5.74) is 5.17. The van der Waals surface area contributed by atoms with E-state index >= 15 is 4.39 Å². The summed E-state index contributed by atoms with van der Waals surface area (Å²) in [4.78, 5) is 34.3. The standard InChI is InChI=1S/C23H33FN6O4/c1-13-25-21(27-28-23(32)15(9-30(33)12-31)8-14-4-2-3-5-14)20(24)22(26-13)29-10-16-17(11-29)19-7-6-18(16)34-19/h12,14-19,33H,2-11H2,1H3,(H,28,32)(H,25,26,27)/t15-,16?,17?,18?,19?/m1/s1. The van der Waals surface area contributed by atoms with Gasteiger partial charge in [0.15, 0.2) is 11.6 Å². The Labute approximate surface area is 198 Å². The van der Waals surface area contributed by atoms with Crippen LogP contribution >= 0.6 is 0 Å². The van der Waals surface area contributed by atoms with Crippen molar-refractivity contribution in [3.63, 3.8) is 0 Å².